The molecule has 1 aliphatic rings. The average Bonchev–Trinajstić information content (AvgIpc) is 2.57. The normalized spacial score (nSPS) is 25.5. The van der Waals surface area contributed by atoms with Crippen LogP contribution in [0.5, 0.6) is 5.75 Å². The molecule has 1 aromatic rings. The lowest BCUT2D eigenvalue weighted by Crippen LogP contribution is -2.29. The third-order valence-electron chi connectivity index (χ3n) is 2.61. The summed E-state index contributed by atoms with van der Waals surface area (Å²) in [6.07, 6.45) is -0.739. The Hall–Kier alpha value is -1.06. The van der Waals surface area contributed by atoms with Gasteiger partial charge in [-0.05, 0) is 25.5 Å². The highest BCUT2D eigenvalue weighted by Gasteiger charge is 2.28. The largest absolute Gasteiger partial charge is 0.485 e. The van der Waals surface area contributed by atoms with Crippen LogP contribution in [0.25, 0.3) is 0 Å². The Bertz CT molecular complexity index is 349. The lowest BCUT2D eigenvalue weighted by Gasteiger charge is -2.17. The van der Waals surface area contributed by atoms with Gasteiger partial charge in [0.25, 0.3) is 0 Å². The second kappa shape index (κ2) is 4.21. The summed E-state index contributed by atoms with van der Waals surface area (Å²) in [5.41, 5.74) is 2.30. The summed E-state index contributed by atoms with van der Waals surface area (Å²) < 4.78 is 10.8. The molecular weight excluding hydrogens is 192 g/mol. The zero-order valence-corrected chi connectivity index (χ0v) is 9.06. The lowest BCUT2D eigenvalue weighted by molar-refractivity contribution is 0.0729. The van der Waals surface area contributed by atoms with E-state index in [9.17, 15) is 5.11 Å². The lowest BCUT2D eigenvalue weighted by atomic mass is 10.1. The smallest absolute Gasteiger partial charge is 0.150 e. The molecule has 82 valence electrons. The molecule has 0 amide bonds. The van der Waals surface area contributed by atoms with Crippen LogP contribution < -0.4 is 4.74 Å². The molecule has 0 radical (unpaired) electrons. The molecule has 1 fully saturated rings. The van der Waals surface area contributed by atoms with Gasteiger partial charge in [0.15, 0.2) is 0 Å². The van der Waals surface area contributed by atoms with Crippen LogP contribution in [0.15, 0.2) is 18.2 Å². The van der Waals surface area contributed by atoms with Gasteiger partial charge in [0.2, 0.25) is 0 Å². The summed E-state index contributed by atoms with van der Waals surface area (Å²) >= 11 is 0. The molecule has 0 spiro atoms. The highest BCUT2D eigenvalue weighted by atomic mass is 16.6. The molecular formula is C12H16O3. The van der Waals surface area contributed by atoms with E-state index < -0.39 is 6.10 Å². The number of hydrogen-bond acceptors (Lipinski definition) is 3. The second-order valence-electron chi connectivity index (χ2n) is 4.03. The molecule has 1 saturated heterocycles. The number of ether oxygens (including phenoxy) is 2. The molecule has 1 N–H and O–H groups in total. The topological polar surface area (TPSA) is 38.7 Å². The Labute approximate surface area is 89.6 Å². The summed E-state index contributed by atoms with van der Waals surface area (Å²) in [4.78, 5) is 0. The first-order chi connectivity index (χ1) is 7.16. The van der Waals surface area contributed by atoms with Crippen LogP contribution in [-0.4, -0.2) is 30.5 Å². The highest BCUT2D eigenvalue weighted by Crippen LogP contribution is 2.22. The van der Waals surface area contributed by atoms with E-state index in [1.807, 2.05) is 26.0 Å². The molecule has 2 atom stereocenters. The van der Waals surface area contributed by atoms with Gasteiger partial charge in [0.05, 0.1) is 13.2 Å². The van der Waals surface area contributed by atoms with Crippen molar-refractivity contribution >= 4 is 0 Å². The van der Waals surface area contributed by atoms with E-state index in [4.69, 9.17) is 9.47 Å². The van der Waals surface area contributed by atoms with Crippen LogP contribution in [0, 0.1) is 13.8 Å². The van der Waals surface area contributed by atoms with Gasteiger partial charge in [0, 0.05) is 0 Å². The fourth-order valence-corrected chi connectivity index (χ4v) is 1.73. The van der Waals surface area contributed by atoms with Gasteiger partial charge in [-0.3, -0.25) is 0 Å². The minimum absolute atomic E-state index is 0.230. The van der Waals surface area contributed by atoms with E-state index in [2.05, 4.69) is 6.07 Å². The highest BCUT2D eigenvalue weighted by molar-refractivity contribution is 5.35. The zero-order valence-electron chi connectivity index (χ0n) is 9.06. The predicted octanol–water partition coefficient (Wildman–Crippen LogP) is 1.44. The molecule has 0 saturated carbocycles. The molecule has 1 aliphatic heterocycles. The summed E-state index contributed by atoms with van der Waals surface area (Å²) in [5.74, 6) is 0.829. The first-order valence-corrected chi connectivity index (χ1v) is 5.16. The molecule has 2 rings (SSSR count). The molecule has 0 unspecified atom stereocenters. The van der Waals surface area contributed by atoms with E-state index >= 15 is 0 Å². The summed E-state index contributed by atoms with van der Waals surface area (Å²) in [7, 11) is 0. The standard InChI is InChI=1S/C12H16O3/c1-8-3-4-11(9(2)5-8)15-12-7-14-6-10(12)13/h3-5,10,12-13H,6-7H2,1-2H3/t10-,12-/m1/s1. The Balaban J connectivity index is 2.10. The van der Waals surface area contributed by atoms with E-state index in [1.165, 1.54) is 5.56 Å². The second-order valence-corrected chi connectivity index (χ2v) is 4.03. The number of aliphatic hydroxyl groups is 1. The Morgan fingerprint density at radius 3 is 2.73 bits per heavy atom. The van der Waals surface area contributed by atoms with Crippen molar-refractivity contribution in [2.45, 2.75) is 26.1 Å². The maximum Gasteiger partial charge on any atom is 0.150 e. The maximum atomic E-state index is 9.55. The van der Waals surface area contributed by atoms with Crippen molar-refractivity contribution in [3.8, 4) is 5.75 Å². The van der Waals surface area contributed by atoms with E-state index in [1.54, 1.807) is 0 Å². The number of aliphatic hydroxyl groups excluding tert-OH is 1. The van der Waals surface area contributed by atoms with Gasteiger partial charge >= 0.3 is 0 Å². The minimum Gasteiger partial charge on any atom is -0.485 e. The van der Waals surface area contributed by atoms with Gasteiger partial charge < -0.3 is 14.6 Å². The summed E-state index contributed by atoms with van der Waals surface area (Å²) in [5, 5.41) is 9.55. The van der Waals surface area contributed by atoms with Crippen LogP contribution in [0.2, 0.25) is 0 Å². The Morgan fingerprint density at radius 1 is 1.33 bits per heavy atom. The third kappa shape index (κ3) is 2.30. The first-order valence-electron chi connectivity index (χ1n) is 5.16. The van der Waals surface area contributed by atoms with Gasteiger partial charge in [-0.25, -0.2) is 0 Å². The molecule has 0 aliphatic carbocycles. The Morgan fingerprint density at radius 2 is 2.13 bits per heavy atom. The van der Waals surface area contributed by atoms with Gasteiger partial charge in [-0.1, -0.05) is 17.7 Å². The van der Waals surface area contributed by atoms with Gasteiger partial charge in [-0.2, -0.15) is 0 Å². The summed E-state index contributed by atoms with van der Waals surface area (Å²) in [6, 6.07) is 6.01. The molecule has 3 heteroatoms. The molecule has 15 heavy (non-hydrogen) atoms. The zero-order chi connectivity index (χ0) is 10.8. The van der Waals surface area contributed by atoms with Crippen LogP contribution in [0.1, 0.15) is 11.1 Å². The fraction of sp³-hybridized carbons (Fsp3) is 0.500. The third-order valence-corrected chi connectivity index (χ3v) is 2.61. The number of hydrogen-bond donors (Lipinski definition) is 1. The van der Waals surface area contributed by atoms with Gasteiger partial charge in [-0.15, -0.1) is 0 Å². The average molecular weight is 208 g/mol. The Kier molecular flexibility index (Phi) is 2.93. The maximum absolute atomic E-state index is 9.55. The van der Waals surface area contributed by atoms with Crippen molar-refractivity contribution in [3.63, 3.8) is 0 Å². The van der Waals surface area contributed by atoms with Crippen LogP contribution in [-0.2, 0) is 4.74 Å². The van der Waals surface area contributed by atoms with Crippen molar-refractivity contribution in [1.29, 1.82) is 0 Å². The van der Waals surface area contributed by atoms with E-state index in [0.29, 0.717) is 13.2 Å². The molecule has 3 nitrogen and oxygen atoms in total. The first kappa shape index (κ1) is 10.5. The van der Waals surface area contributed by atoms with E-state index in [-0.39, 0.29) is 6.10 Å². The monoisotopic (exact) mass is 208 g/mol. The van der Waals surface area contributed by atoms with Crippen molar-refractivity contribution in [1.82, 2.24) is 0 Å². The number of rotatable bonds is 2. The summed E-state index contributed by atoms with van der Waals surface area (Å²) in [6.45, 7) is 4.89. The van der Waals surface area contributed by atoms with Crippen molar-refractivity contribution < 1.29 is 14.6 Å². The number of aryl methyl sites for hydroxylation is 2. The molecule has 0 bridgehead atoms. The number of benzene rings is 1. The van der Waals surface area contributed by atoms with E-state index in [0.717, 1.165) is 11.3 Å². The predicted molar refractivity (Wildman–Crippen MR) is 57.2 cm³/mol. The van der Waals surface area contributed by atoms with Crippen LogP contribution in [0.4, 0.5) is 0 Å². The van der Waals surface area contributed by atoms with Gasteiger partial charge in [0.1, 0.15) is 18.0 Å². The van der Waals surface area contributed by atoms with Crippen LogP contribution in [0.3, 0.4) is 0 Å². The molecule has 1 heterocycles. The van der Waals surface area contributed by atoms with Crippen LogP contribution >= 0.6 is 0 Å². The minimum atomic E-state index is -0.509. The van der Waals surface area contributed by atoms with Crippen molar-refractivity contribution in [2.75, 3.05) is 13.2 Å². The van der Waals surface area contributed by atoms with Crippen molar-refractivity contribution in [3.05, 3.63) is 29.3 Å². The fourth-order valence-electron chi connectivity index (χ4n) is 1.73. The SMILES string of the molecule is Cc1ccc(O[C@@H]2COC[C@H]2O)c(C)c1. The quantitative estimate of drug-likeness (QED) is 0.799. The molecule has 1 aromatic carbocycles. The van der Waals surface area contributed by atoms with Crippen molar-refractivity contribution in [2.24, 2.45) is 0 Å². The molecule has 0 aromatic heterocycles.